The maximum absolute atomic E-state index is 13.0. The lowest BCUT2D eigenvalue weighted by Gasteiger charge is -2.11. The van der Waals surface area contributed by atoms with Gasteiger partial charge in [-0.1, -0.05) is 24.9 Å². The molecule has 0 saturated carbocycles. The predicted octanol–water partition coefficient (Wildman–Crippen LogP) is 3.84. The third kappa shape index (κ3) is 3.33. The number of hydrogen-bond donors (Lipinski definition) is 0. The molecule has 4 heterocycles. The standard InChI is InChI=1S/C18H16ClF2N7/c1-2-4-12-14(23-10-27-17(12)25-16(26-27)15(20)21)9-11-6-8-24-28(11)18-13(19)5-3-7-22-18/h3,5-8,10,15H,2,4,9H2,1H3. The highest BCUT2D eigenvalue weighted by atomic mass is 35.5. The Bertz CT molecular complexity index is 1120. The molecular formula is C18H16ClF2N7. The van der Waals surface area contributed by atoms with Crippen LogP contribution in [0.4, 0.5) is 8.78 Å². The minimum atomic E-state index is -2.73. The maximum Gasteiger partial charge on any atom is 0.299 e. The molecule has 0 unspecified atom stereocenters. The van der Waals surface area contributed by atoms with Crippen molar-refractivity contribution in [2.75, 3.05) is 0 Å². The summed E-state index contributed by atoms with van der Waals surface area (Å²) >= 11 is 6.25. The van der Waals surface area contributed by atoms with Crippen LogP contribution in [0.3, 0.4) is 0 Å². The molecule has 0 saturated heterocycles. The molecule has 4 aromatic heterocycles. The molecule has 7 nitrogen and oxygen atoms in total. The summed E-state index contributed by atoms with van der Waals surface area (Å²) in [5.41, 5.74) is 2.76. The lowest BCUT2D eigenvalue weighted by atomic mass is 10.1. The van der Waals surface area contributed by atoms with Crippen LogP contribution in [0.15, 0.2) is 36.9 Å². The van der Waals surface area contributed by atoms with Gasteiger partial charge < -0.3 is 0 Å². The van der Waals surface area contributed by atoms with Crippen molar-refractivity contribution in [1.82, 2.24) is 34.3 Å². The van der Waals surface area contributed by atoms with E-state index in [9.17, 15) is 8.78 Å². The van der Waals surface area contributed by atoms with Crippen LogP contribution in [-0.4, -0.2) is 34.3 Å². The molecule has 10 heteroatoms. The Labute approximate surface area is 164 Å². The molecule has 0 aromatic carbocycles. The molecule has 0 aliphatic carbocycles. The van der Waals surface area contributed by atoms with E-state index in [1.165, 1.54) is 10.8 Å². The highest BCUT2D eigenvalue weighted by molar-refractivity contribution is 6.32. The van der Waals surface area contributed by atoms with Crippen molar-refractivity contribution in [3.8, 4) is 5.82 Å². The monoisotopic (exact) mass is 403 g/mol. The summed E-state index contributed by atoms with van der Waals surface area (Å²) in [7, 11) is 0. The molecule has 0 N–H and O–H groups in total. The number of halogens is 3. The van der Waals surface area contributed by atoms with Crippen LogP contribution in [0.1, 0.15) is 42.5 Å². The van der Waals surface area contributed by atoms with Crippen molar-refractivity contribution in [2.24, 2.45) is 0 Å². The molecule has 0 amide bonds. The van der Waals surface area contributed by atoms with Gasteiger partial charge in [0.1, 0.15) is 6.33 Å². The Morgan fingerprint density at radius 3 is 2.79 bits per heavy atom. The summed E-state index contributed by atoms with van der Waals surface area (Å²) < 4.78 is 29.0. The molecule has 0 aliphatic rings. The van der Waals surface area contributed by atoms with Gasteiger partial charge in [0, 0.05) is 24.4 Å². The molecule has 0 atom stereocenters. The largest absolute Gasteiger partial charge is 0.299 e. The second kappa shape index (κ2) is 7.59. The van der Waals surface area contributed by atoms with Crippen molar-refractivity contribution < 1.29 is 8.78 Å². The van der Waals surface area contributed by atoms with Crippen LogP contribution in [-0.2, 0) is 12.8 Å². The van der Waals surface area contributed by atoms with Crippen molar-refractivity contribution >= 4 is 17.2 Å². The van der Waals surface area contributed by atoms with Crippen molar-refractivity contribution in [2.45, 2.75) is 32.6 Å². The van der Waals surface area contributed by atoms with Gasteiger partial charge in [0.05, 0.1) is 16.4 Å². The average Bonchev–Trinajstić information content (AvgIpc) is 3.31. The van der Waals surface area contributed by atoms with Crippen LogP contribution >= 0.6 is 11.6 Å². The SMILES string of the molecule is CCCc1c(Cc2ccnn2-c2ncccc2Cl)ncn2nc(C(F)F)nc12. The van der Waals surface area contributed by atoms with E-state index in [0.29, 0.717) is 29.3 Å². The van der Waals surface area contributed by atoms with Gasteiger partial charge in [0.2, 0.25) is 5.82 Å². The number of alkyl halides is 2. The average molecular weight is 404 g/mol. The molecule has 28 heavy (non-hydrogen) atoms. The zero-order valence-electron chi connectivity index (χ0n) is 14.9. The van der Waals surface area contributed by atoms with Crippen LogP contribution < -0.4 is 0 Å². The Balaban J connectivity index is 1.78. The third-order valence-corrected chi connectivity index (χ3v) is 4.59. The van der Waals surface area contributed by atoms with Gasteiger partial charge in [-0.2, -0.15) is 5.10 Å². The molecule has 0 fully saturated rings. The molecule has 4 rings (SSSR count). The first kappa shape index (κ1) is 18.4. The summed E-state index contributed by atoms with van der Waals surface area (Å²) in [5, 5.41) is 8.61. The lowest BCUT2D eigenvalue weighted by Crippen LogP contribution is -2.09. The Morgan fingerprint density at radius 2 is 2.04 bits per heavy atom. The quantitative estimate of drug-likeness (QED) is 0.489. The minimum Gasteiger partial charge on any atom is -0.240 e. The summed E-state index contributed by atoms with van der Waals surface area (Å²) in [6.07, 6.45) is 3.87. The fraction of sp³-hybridized carbons (Fsp3) is 0.278. The van der Waals surface area contributed by atoms with Gasteiger partial charge in [-0.25, -0.2) is 32.9 Å². The molecule has 0 spiro atoms. The van der Waals surface area contributed by atoms with Crippen LogP contribution in [0, 0.1) is 0 Å². The lowest BCUT2D eigenvalue weighted by molar-refractivity contribution is 0.140. The van der Waals surface area contributed by atoms with Gasteiger partial charge >= 0.3 is 0 Å². The zero-order valence-corrected chi connectivity index (χ0v) is 15.7. The van der Waals surface area contributed by atoms with E-state index >= 15 is 0 Å². The summed E-state index contributed by atoms with van der Waals surface area (Å²) in [6.45, 7) is 2.01. The van der Waals surface area contributed by atoms with Gasteiger partial charge in [-0.05, 0) is 24.6 Å². The fourth-order valence-electron chi connectivity index (χ4n) is 3.07. The van der Waals surface area contributed by atoms with E-state index in [0.717, 1.165) is 23.4 Å². The van der Waals surface area contributed by atoms with Gasteiger partial charge in [0.15, 0.2) is 11.5 Å². The van der Waals surface area contributed by atoms with Crippen LogP contribution in [0.2, 0.25) is 5.02 Å². The van der Waals surface area contributed by atoms with E-state index in [1.54, 1.807) is 29.2 Å². The third-order valence-electron chi connectivity index (χ3n) is 4.29. The molecule has 4 aromatic rings. The van der Waals surface area contributed by atoms with E-state index < -0.39 is 12.2 Å². The van der Waals surface area contributed by atoms with Crippen LogP contribution in [0.5, 0.6) is 0 Å². The summed E-state index contributed by atoms with van der Waals surface area (Å²) in [6, 6.07) is 5.33. The molecular weight excluding hydrogens is 388 g/mol. The van der Waals surface area contributed by atoms with E-state index in [4.69, 9.17) is 11.6 Å². The van der Waals surface area contributed by atoms with Crippen molar-refractivity contribution in [3.05, 3.63) is 64.7 Å². The highest BCUT2D eigenvalue weighted by Crippen LogP contribution is 2.23. The van der Waals surface area contributed by atoms with Gasteiger partial charge in [0.25, 0.3) is 6.43 Å². The maximum atomic E-state index is 13.0. The number of aromatic nitrogens is 7. The number of fused-ring (bicyclic) bond motifs is 1. The fourth-order valence-corrected chi connectivity index (χ4v) is 3.27. The van der Waals surface area contributed by atoms with Crippen LogP contribution in [0.25, 0.3) is 11.5 Å². The van der Waals surface area contributed by atoms with E-state index in [1.807, 2.05) is 13.0 Å². The second-order valence-corrected chi connectivity index (χ2v) is 6.59. The second-order valence-electron chi connectivity index (χ2n) is 6.18. The van der Waals surface area contributed by atoms with Gasteiger partial charge in [-0.3, -0.25) is 0 Å². The smallest absolute Gasteiger partial charge is 0.240 e. The Kier molecular flexibility index (Phi) is 4.99. The Morgan fingerprint density at radius 1 is 1.18 bits per heavy atom. The minimum absolute atomic E-state index is 0.407. The highest BCUT2D eigenvalue weighted by Gasteiger charge is 2.20. The number of pyridine rings is 1. The van der Waals surface area contributed by atoms with E-state index in [2.05, 4.69) is 25.1 Å². The first-order chi connectivity index (χ1) is 13.6. The first-order valence-electron chi connectivity index (χ1n) is 8.73. The molecule has 0 aliphatic heterocycles. The molecule has 0 bridgehead atoms. The van der Waals surface area contributed by atoms with Crippen molar-refractivity contribution in [1.29, 1.82) is 0 Å². The zero-order chi connectivity index (χ0) is 19.7. The molecule has 144 valence electrons. The van der Waals surface area contributed by atoms with Gasteiger partial charge in [-0.15, -0.1) is 5.10 Å². The normalized spacial score (nSPS) is 11.6. The number of nitrogens with zero attached hydrogens (tertiary/aromatic N) is 7. The first-order valence-corrected chi connectivity index (χ1v) is 9.11. The summed E-state index contributed by atoms with van der Waals surface area (Å²) in [4.78, 5) is 12.8. The Hall–Kier alpha value is -2.94. The van der Waals surface area contributed by atoms with E-state index in [-0.39, 0.29) is 0 Å². The van der Waals surface area contributed by atoms with Crippen molar-refractivity contribution in [3.63, 3.8) is 0 Å². The number of hydrogen-bond acceptors (Lipinski definition) is 5. The molecule has 0 radical (unpaired) electrons. The topological polar surface area (TPSA) is 73.8 Å². The number of rotatable bonds is 6. The predicted molar refractivity (Wildman–Crippen MR) is 98.9 cm³/mol. The summed E-state index contributed by atoms with van der Waals surface area (Å²) in [5.74, 6) is 0.0198. The number of aryl methyl sites for hydroxylation is 1.